The quantitative estimate of drug-likeness (QED) is 0.271. The standard InChI is InChI=1S/C2H4.2H3N.Na.H/c1-2;;;;/h1-2H2;2*1H3;;/q;;;+1;-1. The summed E-state index contributed by atoms with van der Waals surface area (Å²) < 4.78 is 0. The molecule has 6 N–H and O–H groups in total. The Hall–Kier alpha value is 0.660. The van der Waals surface area contributed by atoms with E-state index in [2.05, 4.69) is 13.2 Å². The molecule has 0 spiro atoms. The topological polar surface area (TPSA) is 70.0 Å². The Morgan fingerprint density at radius 2 is 1.00 bits per heavy atom. The Labute approximate surface area is 56.6 Å². The van der Waals surface area contributed by atoms with E-state index >= 15 is 0 Å². The van der Waals surface area contributed by atoms with Gasteiger partial charge in [0.05, 0.1) is 0 Å². The number of rotatable bonds is 0. The van der Waals surface area contributed by atoms with Crippen LogP contribution in [0, 0.1) is 0 Å². The molecule has 2 nitrogen and oxygen atoms in total. The third-order valence-electron chi connectivity index (χ3n) is 0. The molecule has 0 fully saturated rings. The van der Waals surface area contributed by atoms with Crippen LogP contribution >= 0.6 is 0 Å². The van der Waals surface area contributed by atoms with E-state index in [1.165, 1.54) is 0 Å². The molecule has 0 amide bonds. The van der Waals surface area contributed by atoms with Gasteiger partial charge in [0.25, 0.3) is 0 Å². The van der Waals surface area contributed by atoms with Crippen molar-refractivity contribution in [2.24, 2.45) is 0 Å². The van der Waals surface area contributed by atoms with Gasteiger partial charge in [-0.25, -0.2) is 0 Å². The molecule has 0 unspecified atom stereocenters. The molecule has 0 aromatic rings. The summed E-state index contributed by atoms with van der Waals surface area (Å²) in [5.74, 6) is 0. The van der Waals surface area contributed by atoms with Crippen molar-refractivity contribution in [3.8, 4) is 0 Å². The zero-order valence-corrected chi connectivity index (χ0v) is 5.83. The van der Waals surface area contributed by atoms with Gasteiger partial charge in [0.1, 0.15) is 0 Å². The zero-order valence-electron chi connectivity index (χ0n) is 4.83. The summed E-state index contributed by atoms with van der Waals surface area (Å²) >= 11 is 0. The summed E-state index contributed by atoms with van der Waals surface area (Å²) in [5, 5.41) is 0. The van der Waals surface area contributed by atoms with E-state index in [-0.39, 0.29) is 43.3 Å². The zero-order chi connectivity index (χ0) is 2.00. The van der Waals surface area contributed by atoms with Gasteiger partial charge in [-0.15, -0.1) is 13.2 Å². The third-order valence-corrected chi connectivity index (χ3v) is 0. The Bertz CT molecular complexity index is 11.5. The van der Waals surface area contributed by atoms with Crippen LogP contribution in [0.2, 0.25) is 0 Å². The van der Waals surface area contributed by atoms with Crippen LogP contribution < -0.4 is 41.9 Å². The van der Waals surface area contributed by atoms with Gasteiger partial charge in [0.15, 0.2) is 0 Å². The summed E-state index contributed by atoms with van der Waals surface area (Å²) in [6.45, 7) is 6.00. The second kappa shape index (κ2) is 143. The number of hydrogen-bond donors (Lipinski definition) is 2. The average Bonchev–Trinajstić information content (AvgIpc) is 1.00. The molecule has 0 aromatic carbocycles. The fraction of sp³-hybridized carbons (Fsp3) is 0. The predicted molar refractivity (Wildman–Crippen MR) is 22.4 cm³/mol. The summed E-state index contributed by atoms with van der Waals surface area (Å²) in [4.78, 5) is 0. The van der Waals surface area contributed by atoms with Crippen molar-refractivity contribution >= 4 is 0 Å². The normalized spacial score (nSPS) is 0.800. The first-order valence-electron chi connectivity index (χ1n) is 0.500. The van der Waals surface area contributed by atoms with Crippen LogP contribution in [-0.2, 0) is 0 Å². The van der Waals surface area contributed by atoms with Gasteiger partial charge in [-0.2, -0.15) is 0 Å². The van der Waals surface area contributed by atoms with Gasteiger partial charge in [0, 0.05) is 0 Å². The van der Waals surface area contributed by atoms with Crippen molar-refractivity contribution in [1.82, 2.24) is 12.3 Å². The van der Waals surface area contributed by atoms with Crippen LogP contribution in [0.15, 0.2) is 13.2 Å². The van der Waals surface area contributed by atoms with Crippen LogP contribution in [0.1, 0.15) is 1.43 Å². The van der Waals surface area contributed by atoms with Crippen LogP contribution in [0.5, 0.6) is 0 Å². The minimum Gasteiger partial charge on any atom is -1.00 e. The van der Waals surface area contributed by atoms with Crippen molar-refractivity contribution in [1.29, 1.82) is 0 Å². The van der Waals surface area contributed by atoms with Gasteiger partial charge < -0.3 is 13.7 Å². The molecule has 0 rings (SSSR count). The van der Waals surface area contributed by atoms with E-state index in [9.17, 15) is 0 Å². The summed E-state index contributed by atoms with van der Waals surface area (Å²) in [7, 11) is 0. The Balaban J connectivity index is -0.000000000833. The van der Waals surface area contributed by atoms with Crippen LogP contribution in [0.25, 0.3) is 0 Å². The fourth-order valence-corrected chi connectivity index (χ4v) is 0. The molecule has 0 saturated heterocycles. The van der Waals surface area contributed by atoms with Crippen molar-refractivity contribution in [3.05, 3.63) is 13.2 Å². The number of hydrogen-bond acceptors (Lipinski definition) is 2. The molecule has 30 valence electrons. The molecule has 3 heteroatoms. The van der Waals surface area contributed by atoms with Crippen molar-refractivity contribution < 1.29 is 31.0 Å². The largest absolute Gasteiger partial charge is 1.00 e. The summed E-state index contributed by atoms with van der Waals surface area (Å²) in [6, 6.07) is 0. The fourth-order valence-electron chi connectivity index (χ4n) is 0. The minimum atomic E-state index is 0. The van der Waals surface area contributed by atoms with Gasteiger partial charge in [-0.05, 0) is 0 Å². The molecule has 0 heterocycles. The first kappa shape index (κ1) is 44.6. The predicted octanol–water partition coefficient (Wildman–Crippen LogP) is -1.76. The molecular formula is C2H11N2Na. The molecule has 0 bridgehead atoms. The molecule has 5 heavy (non-hydrogen) atoms. The second-order valence-electron chi connectivity index (χ2n) is 0. The molecule has 0 radical (unpaired) electrons. The monoisotopic (exact) mass is 86.1 g/mol. The van der Waals surface area contributed by atoms with E-state index < -0.39 is 0 Å². The van der Waals surface area contributed by atoms with Gasteiger partial charge >= 0.3 is 29.6 Å². The van der Waals surface area contributed by atoms with Gasteiger partial charge in [-0.1, -0.05) is 0 Å². The molecule has 0 aliphatic rings. The summed E-state index contributed by atoms with van der Waals surface area (Å²) in [6.07, 6.45) is 0. The minimum absolute atomic E-state index is 0. The van der Waals surface area contributed by atoms with Gasteiger partial charge in [-0.3, -0.25) is 0 Å². The molecule has 0 aliphatic carbocycles. The van der Waals surface area contributed by atoms with E-state index in [0.29, 0.717) is 0 Å². The van der Waals surface area contributed by atoms with Crippen molar-refractivity contribution in [2.45, 2.75) is 0 Å². The average molecular weight is 86.1 g/mol. The molecule has 0 atom stereocenters. The van der Waals surface area contributed by atoms with Crippen LogP contribution in [-0.4, -0.2) is 0 Å². The van der Waals surface area contributed by atoms with Gasteiger partial charge in [0.2, 0.25) is 0 Å². The molecular weight excluding hydrogens is 75.0 g/mol. The van der Waals surface area contributed by atoms with E-state index in [1.807, 2.05) is 0 Å². The maximum absolute atomic E-state index is 3.00. The third kappa shape index (κ3) is 75.7. The van der Waals surface area contributed by atoms with E-state index in [0.717, 1.165) is 0 Å². The van der Waals surface area contributed by atoms with E-state index in [1.54, 1.807) is 0 Å². The SMILES string of the molecule is C=C.N.N.[H-].[Na+]. The first-order chi connectivity index (χ1) is 1.00. The Kier molecular flexibility index (Phi) is 1280. The van der Waals surface area contributed by atoms with Crippen molar-refractivity contribution in [3.63, 3.8) is 0 Å². The first-order valence-corrected chi connectivity index (χ1v) is 0.500. The Morgan fingerprint density at radius 3 is 1.00 bits per heavy atom. The smallest absolute Gasteiger partial charge is 1.00 e. The van der Waals surface area contributed by atoms with Crippen molar-refractivity contribution in [2.75, 3.05) is 0 Å². The Morgan fingerprint density at radius 1 is 1.00 bits per heavy atom. The maximum atomic E-state index is 3.00. The second-order valence-corrected chi connectivity index (χ2v) is 0. The maximum Gasteiger partial charge on any atom is 1.00 e. The molecule has 0 saturated carbocycles. The summed E-state index contributed by atoms with van der Waals surface area (Å²) in [5.41, 5.74) is 0. The van der Waals surface area contributed by atoms with E-state index in [4.69, 9.17) is 0 Å². The van der Waals surface area contributed by atoms with Crippen LogP contribution in [0.3, 0.4) is 0 Å². The molecule has 0 aliphatic heterocycles. The molecule has 0 aromatic heterocycles. The van der Waals surface area contributed by atoms with Crippen LogP contribution in [0.4, 0.5) is 0 Å².